The summed E-state index contributed by atoms with van der Waals surface area (Å²) in [5.74, 6) is 0.650. The lowest BCUT2D eigenvalue weighted by Gasteiger charge is -2.33. The molecule has 8 nitrogen and oxygen atoms in total. The van der Waals surface area contributed by atoms with Gasteiger partial charge in [-0.05, 0) is 37.1 Å². The number of fused-ring (bicyclic) bond motifs is 1. The number of rotatable bonds is 8. The molecular formula is C24H27Cl2N3O5. The predicted octanol–water partition coefficient (Wildman–Crippen LogP) is 2.74. The van der Waals surface area contributed by atoms with Gasteiger partial charge in [0.05, 0.1) is 21.8 Å². The minimum absolute atomic E-state index is 0.0688. The van der Waals surface area contributed by atoms with Crippen molar-refractivity contribution in [2.45, 2.75) is 25.0 Å². The third kappa shape index (κ3) is 6.33. The van der Waals surface area contributed by atoms with E-state index in [1.807, 2.05) is 6.07 Å². The Morgan fingerprint density at radius 1 is 1.18 bits per heavy atom. The Labute approximate surface area is 208 Å². The molecule has 1 unspecified atom stereocenters. The first-order valence-corrected chi connectivity index (χ1v) is 12.0. The lowest BCUT2D eigenvalue weighted by molar-refractivity contribution is -0.125. The Morgan fingerprint density at radius 3 is 2.71 bits per heavy atom. The monoisotopic (exact) mass is 507 g/mol. The number of carbonyl (C=O) groups is 2. The fourth-order valence-corrected chi connectivity index (χ4v) is 4.36. The van der Waals surface area contributed by atoms with Crippen LogP contribution in [0.25, 0.3) is 0 Å². The topological polar surface area (TPSA) is 91.3 Å². The molecule has 0 spiro atoms. The number of aliphatic hydroxyl groups is 1. The number of anilines is 1. The second kappa shape index (κ2) is 11.3. The number of nitrogens with zero attached hydrogens (tertiary/aromatic N) is 2. The highest BCUT2D eigenvalue weighted by Gasteiger charge is 2.27. The third-order valence-corrected chi connectivity index (χ3v) is 6.58. The summed E-state index contributed by atoms with van der Waals surface area (Å²) in [6.45, 7) is 1.88. The molecule has 2 N–H and O–H groups in total. The van der Waals surface area contributed by atoms with E-state index in [1.54, 1.807) is 36.4 Å². The molecule has 0 saturated carbocycles. The van der Waals surface area contributed by atoms with Crippen LogP contribution in [0.1, 0.15) is 12.8 Å². The van der Waals surface area contributed by atoms with Crippen molar-refractivity contribution >= 4 is 40.7 Å². The second-order valence-corrected chi connectivity index (χ2v) is 9.20. The number of ether oxygens (including phenoxy) is 2. The van der Waals surface area contributed by atoms with Crippen LogP contribution in [-0.2, 0) is 9.59 Å². The Bertz CT molecular complexity index is 1030. The minimum atomic E-state index is -0.718. The highest BCUT2D eigenvalue weighted by Crippen LogP contribution is 2.31. The lowest BCUT2D eigenvalue weighted by atomic mass is 10.1. The summed E-state index contributed by atoms with van der Waals surface area (Å²) < 4.78 is 11.4. The zero-order valence-electron chi connectivity index (χ0n) is 18.6. The molecule has 2 aliphatic heterocycles. The molecular weight excluding hydrogens is 481 g/mol. The van der Waals surface area contributed by atoms with Gasteiger partial charge < -0.3 is 24.8 Å². The number of β-amino-alcohol motifs (C(OH)–C–C–N with tert-alkyl or cyclic N) is 1. The van der Waals surface area contributed by atoms with Crippen molar-refractivity contribution in [3.05, 3.63) is 52.5 Å². The summed E-state index contributed by atoms with van der Waals surface area (Å²) >= 11 is 12.0. The zero-order valence-corrected chi connectivity index (χ0v) is 20.1. The van der Waals surface area contributed by atoms with Crippen LogP contribution in [0.4, 0.5) is 5.69 Å². The zero-order chi connectivity index (χ0) is 24.1. The SMILES string of the molecule is O=C(CN1C(=O)COc2ccccc21)NCC(O)CN1CCC(Oc2ccc(Cl)c(Cl)c2)CC1. The first-order chi connectivity index (χ1) is 16.4. The van der Waals surface area contributed by atoms with Crippen molar-refractivity contribution < 1.29 is 24.2 Å². The number of halogens is 2. The molecule has 2 aromatic carbocycles. The van der Waals surface area contributed by atoms with E-state index in [9.17, 15) is 14.7 Å². The number of para-hydroxylation sites is 2. The fraction of sp³-hybridized carbons (Fsp3) is 0.417. The molecule has 2 amide bonds. The van der Waals surface area contributed by atoms with Crippen LogP contribution in [-0.4, -0.2) is 73.4 Å². The molecule has 0 aliphatic carbocycles. The highest BCUT2D eigenvalue weighted by atomic mass is 35.5. The van der Waals surface area contributed by atoms with Gasteiger partial charge in [-0.2, -0.15) is 0 Å². The van der Waals surface area contributed by atoms with E-state index in [1.165, 1.54) is 4.90 Å². The first kappa shape index (κ1) is 24.6. The van der Waals surface area contributed by atoms with Crippen molar-refractivity contribution in [3.8, 4) is 11.5 Å². The maximum Gasteiger partial charge on any atom is 0.265 e. The van der Waals surface area contributed by atoms with E-state index in [0.29, 0.717) is 33.8 Å². The van der Waals surface area contributed by atoms with Gasteiger partial charge in [-0.25, -0.2) is 0 Å². The summed E-state index contributed by atoms with van der Waals surface area (Å²) in [6.07, 6.45) is 0.985. The quantitative estimate of drug-likeness (QED) is 0.570. The van der Waals surface area contributed by atoms with Gasteiger partial charge in [0.15, 0.2) is 6.61 Å². The molecule has 2 heterocycles. The summed E-state index contributed by atoms with van der Waals surface area (Å²) in [6, 6.07) is 12.3. The number of hydrogen-bond acceptors (Lipinski definition) is 6. The predicted molar refractivity (Wildman–Crippen MR) is 130 cm³/mol. The third-order valence-electron chi connectivity index (χ3n) is 5.84. The van der Waals surface area contributed by atoms with Crippen LogP contribution in [0, 0.1) is 0 Å². The molecule has 0 radical (unpaired) electrons. The molecule has 0 aromatic heterocycles. The Hall–Kier alpha value is -2.52. The molecule has 4 rings (SSSR count). The molecule has 1 saturated heterocycles. The van der Waals surface area contributed by atoms with Crippen molar-refractivity contribution in [1.82, 2.24) is 10.2 Å². The van der Waals surface area contributed by atoms with Gasteiger partial charge >= 0.3 is 0 Å². The van der Waals surface area contributed by atoms with Crippen LogP contribution in [0.5, 0.6) is 11.5 Å². The summed E-state index contributed by atoms with van der Waals surface area (Å²) in [5, 5.41) is 14.1. The number of likely N-dealkylation sites (tertiary alicyclic amines) is 1. The van der Waals surface area contributed by atoms with E-state index < -0.39 is 6.10 Å². The summed E-state index contributed by atoms with van der Waals surface area (Å²) in [5.41, 5.74) is 0.570. The van der Waals surface area contributed by atoms with Crippen LogP contribution in [0.3, 0.4) is 0 Å². The van der Waals surface area contributed by atoms with E-state index in [4.69, 9.17) is 32.7 Å². The van der Waals surface area contributed by atoms with E-state index >= 15 is 0 Å². The Kier molecular flexibility index (Phi) is 8.15. The molecule has 1 atom stereocenters. The van der Waals surface area contributed by atoms with Gasteiger partial charge in [-0.1, -0.05) is 35.3 Å². The molecule has 2 aromatic rings. The van der Waals surface area contributed by atoms with Crippen molar-refractivity contribution in [2.24, 2.45) is 0 Å². The average molecular weight is 508 g/mol. The van der Waals surface area contributed by atoms with Gasteiger partial charge in [-0.15, -0.1) is 0 Å². The van der Waals surface area contributed by atoms with Gasteiger partial charge in [0, 0.05) is 32.2 Å². The minimum Gasteiger partial charge on any atom is -0.490 e. The van der Waals surface area contributed by atoms with Crippen LogP contribution < -0.4 is 19.7 Å². The lowest BCUT2D eigenvalue weighted by Crippen LogP contribution is -2.48. The number of carbonyl (C=O) groups excluding carboxylic acids is 2. The van der Waals surface area contributed by atoms with E-state index in [2.05, 4.69) is 10.2 Å². The number of nitrogens with one attached hydrogen (secondary N) is 1. The molecule has 10 heteroatoms. The highest BCUT2D eigenvalue weighted by molar-refractivity contribution is 6.42. The average Bonchev–Trinajstić information content (AvgIpc) is 2.83. The van der Waals surface area contributed by atoms with Crippen LogP contribution in [0.2, 0.25) is 10.0 Å². The molecule has 1 fully saturated rings. The molecule has 182 valence electrons. The number of piperidine rings is 1. The van der Waals surface area contributed by atoms with Crippen LogP contribution >= 0.6 is 23.2 Å². The fourth-order valence-electron chi connectivity index (χ4n) is 4.07. The number of amides is 2. The first-order valence-electron chi connectivity index (χ1n) is 11.2. The van der Waals surface area contributed by atoms with Crippen molar-refractivity contribution in [2.75, 3.05) is 44.2 Å². The largest absolute Gasteiger partial charge is 0.490 e. The summed E-state index contributed by atoms with van der Waals surface area (Å²) in [4.78, 5) is 28.2. The van der Waals surface area contributed by atoms with Gasteiger partial charge in [-0.3, -0.25) is 14.5 Å². The van der Waals surface area contributed by atoms with Gasteiger partial charge in [0.1, 0.15) is 24.1 Å². The number of benzene rings is 2. The summed E-state index contributed by atoms with van der Waals surface area (Å²) in [7, 11) is 0. The van der Waals surface area contributed by atoms with Crippen molar-refractivity contribution in [3.63, 3.8) is 0 Å². The Balaban J connectivity index is 1.18. The standard InChI is InChI=1S/C24H27Cl2N3O5/c25-19-6-5-18(11-20(19)26)34-17-7-9-28(10-8-17)13-16(30)12-27-23(31)14-29-21-3-1-2-4-22(21)33-15-24(29)32/h1-6,11,16-17,30H,7-10,12-15H2,(H,27,31). The maximum absolute atomic E-state index is 12.4. The van der Waals surface area contributed by atoms with E-state index in [0.717, 1.165) is 25.9 Å². The van der Waals surface area contributed by atoms with E-state index in [-0.39, 0.29) is 37.6 Å². The van der Waals surface area contributed by atoms with Gasteiger partial charge in [0.2, 0.25) is 5.91 Å². The van der Waals surface area contributed by atoms with Crippen molar-refractivity contribution in [1.29, 1.82) is 0 Å². The number of hydrogen-bond donors (Lipinski definition) is 2. The molecule has 34 heavy (non-hydrogen) atoms. The molecule has 2 aliphatic rings. The smallest absolute Gasteiger partial charge is 0.265 e. The Morgan fingerprint density at radius 2 is 1.94 bits per heavy atom. The van der Waals surface area contributed by atoms with Gasteiger partial charge in [0.25, 0.3) is 5.91 Å². The normalized spacial score (nSPS) is 17.6. The maximum atomic E-state index is 12.4. The number of aliphatic hydroxyl groups excluding tert-OH is 1. The van der Waals surface area contributed by atoms with Crippen LogP contribution in [0.15, 0.2) is 42.5 Å². The molecule has 0 bridgehead atoms. The second-order valence-electron chi connectivity index (χ2n) is 8.39.